The lowest BCUT2D eigenvalue weighted by molar-refractivity contribution is 0.709. The SMILES string of the molecule is Cc1csc(N2CCC[N]CC2)n1. The van der Waals surface area contributed by atoms with Crippen LogP contribution in [0.3, 0.4) is 0 Å². The first-order valence-electron chi connectivity index (χ1n) is 4.66. The Balaban J connectivity index is 2.06. The lowest BCUT2D eigenvalue weighted by atomic mass is 10.4. The Morgan fingerprint density at radius 2 is 2.31 bits per heavy atom. The van der Waals surface area contributed by atoms with E-state index in [9.17, 15) is 0 Å². The van der Waals surface area contributed by atoms with Crippen LogP contribution >= 0.6 is 11.3 Å². The minimum Gasteiger partial charge on any atom is -0.347 e. The molecule has 0 saturated carbocycles. The molecule has 1 aliphatic rings. The number of anilines is 1. The maximum Gasteiger partial charge on any atom is 0.185 e. The Morgan fingerprint density at radius 1 is 1.38 bits per heavy atom. The quantitative estimate of drug-likeness (QED) is 0.677. The molecule has 0 aliphatic carbocycles. The Bertz CT molecular complexity index is 264. The maximum atomic E-state index is 4.48. The van der Waals surface area contributed by atoms with Crippen LogP contribution in [0.2, 0.25) is 0 Å². The monoisotopic (exact) mass is 196 g/mol. The van der Waals surface area contributed by atoms with Crippen molar-refractivity contribution in [3.63, 3.8) is 0 Å². The third kappa shape index (κ3) is 2.19. The van der Waals surface area contributed by atoms with Gasteiger partial charge in [-0.15, -0.1) is 11.3 Å². The summed E-state index contributed by atoms with van der Waals surface area (Å²) >= 11 is 1.74. The van der Waals surface area contributed by atoms with Gasteiger partial charge in [0.1, 0.15) is 0 Å². The average molecular weight is 196 g/mol. The van der Waals surface area contributed by atoms with Crippen LogP contribution in [0.25, 0.3) is 0 Å². The second kappa shape index (κ2) is 4.07. The highest BCUT2D eigenvalue weighted by Crippen LogP contribution is 2.20. The number of aromatic nitrogens is 1. The number of nitrogens with zero attached hydrogens (tertiary/aromatic N) is 3. The molecule has 0 N–H and O–H groups in total. The van der Waals surface area contributed by atoms with Crippen molar-refractivity contribution in [2.75, 3.05) is 31.1 Å². The summed E-state index contributed by atoms with van der Waals surface area (Å²) in [5.74, 6) is 0. The fourth-order valence-electron chi connectivity index (χ4n) is 1.47. The third-order valence-electron chi connectivity index (χ3n) is 2.15. The van der Waals surface area contributed by atoms with Crippen LogP contribution in [0.1, 0.15) is 12.1 Å². The minimum atomic E-state index is 0.957. The predicted octanol–water partition coefficient (Wildman–Crippen LogP) is 1.27. The van der Waals surface area contributed by atoms with Crippen LogP contribution in [0.5, 0.6) is 0 Å². The van der Waals surface area contributed by atoms with Gasteiger partial charge in [0, 0.05) is 31.6 Å². The van der Waals surface area contributed by atoms with E-state index in [-0.39, 0.29) is 0 Å². The molecule has 1 radical (unpaired) electrons. The van der Waals surface area contributed by atoms with Crippen LogP contribution in [0.15, 0.2) is 5.38 Å². The minimum absolute atomic E-state index is 0.957. The Labute approximate surface area is 82.8 Å². The normalized spacial score (nSPS) is 18.7. The van der Waals surface area contributed by atoms with E-state index >= 15 is 0 Å². The van der Waals surface area contributed by atoms with E-state index in [1.165, 1.54) is 6.42 Å². The van der Waals surface area contributed by atoms with Crippen molar-refractivity contribution < 1.29 is 0 Å². The lowest BCUT2D eigenvalue weighted by Crippen LogP contribution is -2.26. The van der Waals surface area contributed by atoms with Crippen molar-refractivity contribution in [3.8, 4) is 0 Å². The van der Waals surface area contributed by atoms with Crippen molar-refractivity contribution in [2.24, 2.45) is 0 Å². The van der Waals surface area contributed by atoms with Gasteiger partial charge in [-0.05, 0) is 13.3 Å². The summed E-state index contributed by atoms with van der Waals surface area (Å²) in [4.78, 5) is 6.82. The summed E-state index contributed by atoms with van der Waals surface area (Å²) in [6, 6.07) is 0. The summed E-state index contributed by atoms with van der Waals surface area (Å²) in [6.07, 6.45) is 1.17. The Hall–Kier alpha value is -0.610. The van der Waals surface area contributed by atoms with Gasteiger partial charge in [0.25, 0.3) is 0 Å². The summed E-state index contributed by atoms with van der Waals surface area (Å²) in [5.41, 5.74) is 1.13. The first-order chi connectivity index (χ1) is 6.36. The molecule has 1 saturated heterocycles. The molecule has 2 heterocycles. The highest BCUT2D eigenvalue weighted by atomic mass is 32.1. The predicted molar refractivity (Wildman–Crippen MR) is 55.5 cm³/mol. The fraction of sp³-hybridized carbons (Fsp3) is 0.667. The standard InChI is InChI=1S/C9H14N3S/c1-8-7-13-9(11-8)12-5-2-3-10-4-6-12/h7H,2-6H2,1H3. The lowest BCUT2D eigenvalue weighted by Gasteiger charge is -2.17. The largest absolute Gasteiger partial charge is 0.347 e. The van der Waals surface area contributed by atoms with Crippen LogP contribution in [-0.4, -0.2) is 31.2 Å². The van der Waals surface area contributed by atoms with Crippen LogP contribution < -0.4 is 10.2 Å². The van der Waals surface area contributed by atoms with Crippen LogP contribution in [-0.2, 0) is 0 Å². The van der Waals surface area contributed by atoms with Crippen molar-refractivity contribution in [3.05, 3.63) is 11.1 Å². The van der Waals surface area contributed by atoms with Gasteiger partial charge in [-0.2, -0.15) is 0 Å². The van der Waals surface area contributed by atoms with Gasteiger partial charge < -0.3 is 4.90 Å². The molecule has 0 spiro atoms. The first kappa shape index (κ1) is 8.97. The van der Waals surface area contributed by atoms with E-state index in [1.807, 2.05) is 6.92 Å². The first-order valence-corrected chi connectivity index (χ1v) is 5.54. The molecule has 0 bridgehead atoms. The zero-order chi connectivity index (χ0) is 9.10. The number of aryl methyl sites for hydroxylation is 1. The zero-order valence-electron chi connectivity index (χ0n) is 7.86. The highest BCUT2D eigenvalue weighted by molar-refractivity contribution is 7.13. The second-order valence-electron chi connectivity index (χ2n) is 3.28. The number of rotatable bonds is 1. The number of hydrogen-bond acceptors (Lipinski definition) is 3. The van der Waals surface area contributed by atoms with E-state index in [1.54, 1.807) is 11.3 Å². The molecule has 71 valence electrons. The van der Waals surface area contributed by atoms with E-state index in [2.05, 4.69) is 20.6 Å². The molecule has 0 aromatic carbocycles. The number of thiazole rings is 1. The van der Waals surface area contributed by atoms with Crippen LogP contribution in [0, 0.1) is 6.92 Å². The number of hydrogen-bond donors (Lipinski definition) is 0. The van der Waals surface area contributed by atoms with Crippen molar-refractivity contribution in [2.45, 2.75) is 13.3 Å². The van der Waals surface area contributed by atoms with Crippen molar-refractivity contribution >= 4 is 16.5 Å². The van der Waals surface area contributed by atoms with E-state index in [0.717, 1.165) is 37.0 Å². The molecule has 1 aromatic rings. The molecule has 0 atom stereocenters. The van der Waals surface area contributed by atoms with Gasteiger partial charge in [-0.25, -0.2) is 10.3 Å². The molecular formula is C9H14N3S. The Kier molecular flexibility index (Phi) is 2.80. The smallest absolute Gasteiger partial charge is 0.185 e. The van der Waals surface area contributed by atoms with Gasteiger partial charge in [-0.3, -0.25) is 0 Å². The molecule has 2 rings (SSSR count). The molecular weight excluding hydrogens is 182 g/mol. The molecule has 1 aromatic heterocycles. The summed E-state index contributed by atoms with van der Waals surface area (Å²) < 4.78 is 0. The van der Waals surface area contributed by atoms with E-state index in [4.69, 9.17) is 0 Å². The molecule has 1 aliphatic heterocycles. The highest BCUT2D eigenvalue weighted by Gasteiger charge is 2.12. The molecule has 0 unspecified atom stereocenters. The average Bonchev–Trinajstić information content (AvgIpc) is 2.43. The molecule has 4 heteroatoms. The summed E-state index contributed by atoms with van der Waals surface area (Å²) in [6.45, 7) is 6.16. The molecule has 3 nitrogen and oxygen atoms in total. The fourth-order valence-corrected chi connectivity index (χ4v) is 2.32. The summed E-state index contributed by atoms with van der Waals surface area (Å²) in [5, 5.41) is 7.66. The third-order valence-corrected chi connectivity index (χ3v) is 3.17. The van der Waals surface area contributed by atoms with Crippen molar-refractivity contribution in [1.82, 2.24) is 10.3 Å². The van der Waals surface area contributed by atoms with Gasteiger partial charge in [0.15, 0.2) is 5.13 Å². The van der Waals surface area contributed by atoms with Crippen molar-refractivity contribution in [1.29, 1.82) is 0 Å². The van der Waals surface area contributed by atoms with Gasteiger partial charge in [-0.1, -0.05) is 0 Å². The van der Waals surface area contributed by atoms with Crippen LogP contribution in [0.4, 0.5) is 5.13 Å². The maximum absolute atomic E-state index is 4.48. The molecule has 13 heavy (non-hydrogen) atoms. The molecule has 0 amide bonds. The van der Waals surface area contributed by atoms with Gasteiger partial charge >= 0.3 is 0 Å². The zero-order valence-corrected chi connectivity index (χ0v) is 8.68. The Morgan fingerprint density at radius 3 is 3.08 bits per heavy atom. The second-order valence-corrected chi connectivity index (χ2v) is 4.12. The topological polar surface area (TPSA) is 30.2 Å². The molecule has 1 fully saturated rings. The van der Waals surface area contributed by atoms with Gasteiger partial charge in [0.05, 0.1) is 5.69 Å². The summed E-state index contributed by atoms with van der Waals surface area (Å²) in [7, 11) is 0. The van der Waals surface area contributed by atoms with E-state index < -0.39 is 0 Å². The van der Waals surface area contributed by atoms with E-state index in [0.29, 0.717) is 0 Å². The van der Waals surface area contributed by atoms with Gasteiger partial charge in [0.2, 0.25) is 0 Å².